The molecule has 0 spiro atoms. The third-order valence-corrected chi connectivity index (χ3v) is 7.72. The lowest BCUT2D eigenvalue weighted by Gasteiger charge is -2.37. The Morgan fingerprint density at radius 2 is 1.87 bits per heavy atom. The van der Waals surface area contributed by atoms with Gasteiger partial charge < -0.3 is 19.5 Å². The van der Waals surface area contributed by atoms with Crippen molar-refractivity contribution in [3.05, 3.63) is 21.9 Å². The van der Waals surface area contributed by atoms with Crippen LogP contribution >= 0.6 is 11.3 Å². The highest BCUT2D eigenvalue weighted by Crippen LogP contribution is 2.40. The Bertz CT molecular complexity index is 803. The molecule has 0 aromatic carbocycles. The van der Waals surface area contributed by atoms with E-state index in [1.54, 1.807) is 4.90 Å². The summed E-state index contributed by atoms with van der Waals surface area (Å²) in [5, 5.41) is 9.94. The van der Waals surface area contributed by atoms with Crippen molar-refractivity contribution in [1.82, 2.24) is 0 Å². The van der Waals surface area contributed by atoms with Gasteiger partial charge in [-0.25, -0.2) is 4.79 Å². The van der Waals surface area contributed by atoms with Crippen molar-refractivity contribution in [2.75, 3.05) is 24.9 Å². The number of ether oxygens (including phenoxy) is 2. The summed E-state index contributed by atoms with van der Waals surface area (Å²) in [6.07, 6.45) is 10.3. The molecule has 7 heteroatoms. The van der Waals surface area contributed by atoms with Crippen LogP contribution in [0.15, 0.2) is 12.1 Å². The molecule has 1 N–H and O–H groups in total. The molecular formula is C23H31NO5S. The van der Waals surface area contributed by atoms with Gasteiger partial charge in [-0.15, -0.1) is 11.3 Å². The zero-order valence-corrected chi connectivity index (χ0v) is 18.4. The number of carbonyl (C=O) groups is 2. The van der Waals surface area contributed by atoms with Gasteiger partial charge >= 0.3 is 5.97 Å². The number of aromatic carboxylic acids is 1. The molecule has 2 fully saturated rings. The summed E-state index contributed by atoms with van der Waals surface area (Å²) in [6, 6.07) is 1.62. The topological polar surface area (TPSA) is 76.1 Å². The van der Waals surface area contributed by atoms with Crippen molar-refractivity contribution in [1.29, 1.82) is 0 Å². The van der Waals surface area contributed by atoms with E-state index in [2.05, 4.69) is 13.0 Å². The molecule has 0 atom stereocenters. The van der Waals surface area contributed by atoms with E-state index in [1.807, 2.05) is 6.07 Å². The molecule has 0 bridgehead atoms. The first-order valence-corrected chi connectivity index (χ1v) is 11.9. The number of thiophene rings is 1. The molecular weight excluding hydrogens is 402 g/mol. The predicted octanol–water partition coefficient (Wildman–Crippen LogP) is 4.94. The van der Waals surface area contributed by atoms with E-state index < -0.39 is 5.97 Å². The quantitative estimate of drug-likeness (QED) is 0.712. The van der Waals surface area contributed by atoms with Gasteiger partial charge in [-0.05, 0) is 68.9 Å². The van der Waals surface area contributed by atoms with Crippen molar-refractivity contribution >= 4 is 34.5 Å². The lowest BCUT2D eigenvalue weighted by molar-refractivity contribution is -0.131. The lowest BCUT2D eigenvalue weighted by Crippen LogP contribution is -2.51. The predicted molar refractivity (Wildman–Crippen MR) is 117 cm³/mol. The highest BCUT2D eigenvalue weighted by molar-refractivity contribution is 7.15. The number of allylic oxidation sites excluding steroid dienone is 2. The van der Waals surface area contributed by atoms with Crippen LogP contribution in [0.3, 0.4) is 0 Å². The van der Waals surface area contributed by atoms with Crippen molar-refractivity contribution in [2.24, 2.45) is 11.8 Å². The second-order valence-electron chi connectivity index (χ2n) is 8.78. The Morgan fingerprint density at radius 1 is 1.13 bits per heavy atom. The average Bonchev–Trinajstić information content (AvgIpc) is 3.21. The fraction of sp³-hybridized carbons (Fsp3) is 0.652. The Morgan fingerprint density at radius 3 is 2.50 bits per heavy atom. The summed E-state index contributed by atoms with van der Waals surface area (Å²) in [5.74, 6) is -0.387. The van der Waals surface area contributed by atoms with Crippen LogP contribution in [0.25, 0.3) is 5.57 Å². The zero-order chi connectivity index (χ0) is 21.1. The Hall–Kier alpha value is -1.70. The molecule has 2 heterocycles. The second-order valence-corrected chi connectivity index (χ2v) is 9.84. The number of rotatable bonds is 5. The fourth-order valence-corrected chi connectivity index (χ4v) is 5.81. The molecule has 0 radical (unpaired) electrons. The Kier molecular flexibility index (Phi) is 6.91. The number of anilines is 1. The number of nitrogens with zero attached hydrogens (tertiary/aromatic N) is 1. The fourth-order valence-electron chi connectivity index (χ4n) is 4.76. The maximum Gasteiger partial charge on any atom is 0.348 e. The number of hydrogen-bond acceptors (Lipinski definition) is 5. The monoisotopic (exact) mass is 433 g/mol. The van der Waals surface area contributed by atoms with Crippen LogP contribution in [0.5, 0.6) is 0 Å². The van der Waals surface area contributed by atoms with Gasteiger partial charge in [-0.2, -0.15) is 0 Å². The third kappa shape index (κ3) is 4.63. The van der Waals surface area contributed by atoms with E-state index in [0.717, 1.165) is 49.8 Å². The van der Waals surface area contributed by atoms with E-state index in [9.17, 15) is 14.7 Å². The normalized spacial score (nSPS) is 25.6. The molecule has 2 aliphatic carbocycles. The summed E-state index contributed by atoms with van der Waals surface area (Å²) in [4.78, 5) is 28.7. The van der Waals surface area contributed by atoms with Gasteiger partial charge in [0, 0.05) is 10.8 Å². The van der Waals surface area contributed by atoms with Crippen LogP contribution in [-0.2, 0) is 14.3 Å². The van der Waals surface area contributed by atoms with Gasteiger partial charge in [0.15, 0.2) is 0 Å². The zero-order valence-electron chi connectivity index (χ0n) is 17.6. The maximum atomic E-state index is 13.7. The van der Waals surface area contributed by atoms with Crippen LogP contribution in [0.4, 0.5) is 5.69 Å². The van der Waals surface area contributed by atoms with E-state index in [-0.39, 0.29) is 29.5 Å². The van der Waals surface area contributed by atoms with Crippen molar-refractivity contribution < 1.29 is 24.2 Å². The first kappa shape index (κ1) is 21.5. The molecule has 1 saturated heterocycles. The molecule has 1 aliphatic heterocycles. The Labute approximate surface area is 181 Å². The number of amides is 1. The van der Waals surface area contributed by atoms with Crippen LogP contribution < -0.4 is 4.90 Å². The van der Waals surface area contributed by atoms with Gasteiger partial charge in [0.2, 0.25) is 5.91 Å². The molecule has 30 heavy (non-hydrogen) atoms. The van der Waals surface area contributed by atoms with Crippen LogP contribution in [0.1, 0.15) is 72.8 Å². The third-order valence-electron chi connectivity index (χ3n) is 6.53. The van der Waals surface area contributed by atoms with Gasteiger partial charge in [0.1, 0.15) is 11.7 Å². The molecule has 1 aromatic heterocycles. The summed E-state index contributed by atoms with van der Waals surface area (Å²) in [7, 11) is 0. The number of carboxylic acid groups (broad SMARTS) is 1. The van der Waals surface area contributed by atoms with Crippen molar-refractivity contribution in [3.63, 3.8) is 0 Å². The van der Waals surface area contributed by atoms with Gasteiger partial charge in [-0.1, -0.05) is 13.0 Å². The average molecular weight is 434 g/mol. The summed E-state index contributed by atoms with van der Waals surface area (Å²) >= 11 is 1.29. The van der Waals surface area contributed by atoms with E-state index in [0.29, 0.717) is 24.8 Å². The van der Waals surface area contributed by atoms with Crippen LogP contribution in [-0.4, -0.2) is 43.0 Å². The molecule has 1 amide bonds. The van der Waals surface area contributed by atoms with Gasteiger partial charge in [0.05, 0.1) is 24.9 Å². The molecule has 164 valence electrons. The smallest absolute Gasteiger partial charge is 0.348 e. The summed E-state index contributed by atoms with van der Waals surface area (Å²) < 4.78 is 11.0. The van der Waals surface area contributed by atoms with Crippen LogP contribution in [0, 0.1) is 11.8 Å². The number of hydrogen-bond donors (Lipinski definition) is 1. The van der Waals surface area contributed by atoms with Crippen molar-refractivity contribution in [2.45, 2.75) is 64.3 Å². The maximum absolute atomic E-state index is 13.7. The minimum atomic E-state index is -0.981. The highest BCUT2D eigenvalue weighted by Gasteiger charge is 2.37. The van der Waals surface area contributed by atoms with Crippen molar-refractivity contribution in [3.8, 4) is 0 Å². The highest BCUT2D eigenvalue weighted by atomic mass is 32.1. The summed E-state index contributed by atoms with van der Waals surface area (Å²) in [5.41, 5.74) is 1.71. The van der Waals surface area contributed by atoms with E-state index >= 15 is 0 Å². The van der Waals surface area contributed by atoms with Crippen LogP contribution in [0.2, 0.25) is 0 Å². The largest absolute Gasteiger partial charge is 0.477 e. The standard InChI is InChI=1S/C23H31NO5S/c1-15-7-9-17(10-8-15)22(25)24(18-12-28-14-29-13-18)19-11-20(30-21(19)23(26)27)16-5-3-2-4-6-16/h5,11,15,17-18H,2-4,6-10,12-14H2,1H3,(H,26,27)/t15-,17-. The van der Waals surface area contributed by atoms with E-state index in [1.165, 1.54) is 23.3 Å². The van der Waals surface area contributed by atoms with Gasteiger partial charge in [-0.3, -0.25) is 4.79 Å². The minimum Gasteiger partial charge on any atom is -0.477 e. The molecule has 6 nitrogen and oxygen atoms in total. The molecule has 3 aliphatic rings. The SMILES string of the molecule is C[C@H]1CC[C@H](C(=O)N(c2cc(C3=CCCCC3)sc2C(=O)O)C2COCOC2)CC1. The minimum absolute atomic E-state index is 0.0190. The first-order chi connectivity index (χ1) is 14.5. The number of carboxylic acids is 1. The lowest BCUT2D eigenvalue weighted by atomic mass is 9.82. The second kappa shape index (κ2) is 9.62. The summed E-state index contributed by atoms with van der Waals surface area (Å²) in [6.45, 7) is 3.17. The molecule has 0 unspecified atom stereocenters. The van der Waals surface area contributed by atoms with E-state index in [4.69, 9.17) is 9.47 Å². The first-order valence-electron chi connectivity index (χ1n) is 11.1. The molecule has 4 rings (SSSR count). The Balaban J connectivity index is 1.70. The number of carbonyl (C=O) groups excluding carboxylic acids is 1. The van der Waals surface area contributed by atoms with Gasteiger partial charge in [0.25, 0.3) is 0 Å². The molecule has 1 aromatic rings. The molecule has 1 saturated carbocycles.